The number of carbonyl (C=O) groups is 2. The van der Waals surface area contributed by atoms with Crippen molar-refractivity contribution < 1.29 is 18.7 Å². The number of benzene rings is 1. The van der Waals surface area contributed by atoms with Gasteiger partial charge in [0.05, 0.1) is 18.8 Å². The second kappa shape index (κ2) is 8.92. The van der Waals surface area contributed by atoms with Gasteiger partial charge in [0.25, 0.3) is 5.91 Å². The standard InChI is InChI=1S/C23H22FN7O3/c1-12-16-7-14(24)4-5-15(16)23(33)30(2)11-17-21(18(8-25)31(3)29-17)13-6-19(34-12)22(27-10-13)28-20(32)9-26/h4-7,10,12H,9,11,26H2,1-3H3,(H,27,28,32). The van der Waals surface area contributed by atoms with Crippen LogP contribution in [0.3, 0.4) is 0 Å². The van der Waals surface area contributed by atoms with Gasteiger partial charge in [-0.05, 0) is 31.2 Å². The van der Waals surface area contributed by atoms with Crippen LogP contribution in [0.15, 0.2) is 30.5 Å². The van der Waals surface area contributed by atoms with E-state index in [1.807, 2.05) is 0 Å². The molecule has 0 fully saturated rings. The van der Waals surface area contributed by atoms with E-state index in [2.05, 4.69) is 21.5 Å². The van der Waals surface area contributed by atoms with Crippen molar-refractivity contribution in [2.75, 3.05) is 18.9 Å². The Labute approximate surface area is 194 Å². The molecule has 1 atom stereocenters. The Bertz CT molecular complexity index is 1350. The first-order valence-corrected chi connectivity index (χ1v) is 10.4. The fourth-order valence-electron chi connectivity index (χ4n) is 3.89. The first-order chi connectivity index (χ1) is 16.2. The number of fused-ring (bicyclic) bond motifs is 5. The van der Waals surface area contributed by atoms with Gasteiger partial charge in [-0.15, -0.1) is 0 Å². The molecule has 3 aromatic rings. The molecule has 0 saturated heterocycles. The van der Waals surface area contributed by atoms with Crippen LogP contribution in [0.25, 0.3) is 11.1 Å². The van der Waals surface area contributed by atoms with Gasteiger partial charge < -0.3 is 20.7 Å². The number of amides is 2. The molecule has 0 aliphatic carbocycles. The summed E-state index contributed by atoms with van der Waals surface area (Å²) in [6.45, 7) is 1.49. The van der Waals surface area contributed by atoms with Crippen LogP contribution in [0.1, 0.15) is 40.3 Å². The highest BCUT2D eigenvalue weighted by molar-refractivity contribution is 5.96. The molecule has 3 heterocycles. The van der Waals surface area contributed by atoms with Crippen molar-refractivity contribution in [3.63, 3.8) is 0 Å². The van der Waals surface area contributed by atoms with Crippen LogP contribution < -0.4 is 15.8 Å². The second-order valence-corrected chi connectivity index (χ2v) is 7.88. The normalized spacial score (nSPS) is 15.2. The summed E-state index contributed by atoms with van der Waals surface area (Å²) in [4.78, 5) is 31.0. The number of nitriles is 1. The minimum atomic E-state index is -0.781. The Balaban J connectivity index is 1.97. The molecular formula is C23H22FN7O3. The van der Waals surface area contributed by atoms with E-state index in [1.165, 1.54) is 34.0 Å². The SMILES string of the molecule is CC1Oc2cc(cnc2NC(=O)CN)-c2c(nn(C)c2C#N)CN(C)C(=O)c2ccc(F)cc21. The smallest absolute Gasteiger partial charge is 0.254 e. The largest absolute Gasteiger partial charge is 0.482 e. The van der Waals surface area contributed by atoms with Gasteiger partial charge in [-0.3, -0.25) is 14.3 Å². The third kappa shape index (κ3) is 4.06. The quantitative estimate of drug-likeness (QED) is 0.593. The zero-order valence-electron chi connectivity index (χ0n) is 18.8. The highest BCUT2D eigenvalue weighted by atomic mass is 19.1. The molecule has 1 aliphatic heterocycles. The molecule has 2 aromatic heterocycles. The van der Waals surface area contributed by atoms with Gasteiger partial charge in [0.2, 0.25) is 5.91 Å². The summed E-state index contributed by atoms with van der Waals surface area (Å²) in [5, 5.41) is 16.8. The zero-order valence-corrected chi connectivity index (χ0v) is 18.8. The lowest BCUT2D eigenvalue weighted by atomic mass is 10.00. The Morgan fingerprint density at radius 3 is 2.85 bits per heavy atom. The Morgan fingerprint density at radius 1 is 1.38 bits per heavy atom. The van der Waals surface area contributed by atoms with Crippen LogP contribution in [0, 0.1) is 17.1 Å². The van der Waals surface area contributed by atoms with Crippen LogP contribution in [0.4, 0.5) is 10.2 Å². The predicted molar refractivity (Wildman–Crippen MR) is 120 cm³/mol. The van der Waals surface area contributed by atoms with Gasteiger partial charge in [-0.2, -0.15) is 10.4 Å². The maximum Gasteiger partial charge on any atom is 0.254 e. The molecular weight excluding hydrogens is 441 g/mol. The molecule has 4 rings (SSSR count). The van der Waals surface area contributed by atoms with E-state index in [0.29, 0.717) is 22.4 Å². The lowest BCUT2D eigenvalue weighted by Gasteiger charge is -2.24. The number of halogens is 1. The number of nitrogens with one attached hydrogen (secondary N) is 1. The number of nitrogens with two attached hydrogens (primary N) is 1. The molecule has 10 nitrogen and oxygen atoms in total. The minimum Gasteiger partial charge on any atom is -0.482 e. The molecule has 0 radical (unpaired) electrons. The highest BCUT2D eigenvalue weighted by Gasteiger charge is 2.27. The van der Waals surface area contributed by atoms with Crippen molar-refractivity contribution in [2.24, 2.45) is 12.8 Å². The zero-order chi connectivity index (χ0) is 24.6. The number of rotatable bonds is 2. The number of aromatic nitrogens is 3. The maximum absolute atomic E-state index is 14.1. The van der Waals surface area contributed by atoms with Crippen molar-refractivity contribution in [3.8, 4) is 22.9 Å². The first kappa shape index (κ1) is 22.9. The molecule has 1 aliphatic rings. The second-order valence-electron chi connectivity index (χ2n) is 7.88. The summed E-state index contributed by atoms with van der Waals surface area (Å²) in [5.41, 5.74) is 7.75. The predicted octanol–water partition coefficient (Wildman–Crippen LogP) is 2.12. The molecule has 1 aromatic carbocycles. The lowest BCUT2D eigenvalue weighted by Crippen LogP contribution is -2.28. The van der Waals surface area contributed by atoms with E-state index in [1.54, 1.807) is 27.1 Å². The van der Waals surface area contributed by atoms with Crippen molar-refractivity contribution in [3.05, 3.63) is 58.8 Å². The minimum absolute atomic E-state index is 0.0940. The van der Waals surface area contributed by atoms with Crippen molar-refractivity contribution in [1.82, 2.24) is 19.7 Å². The van der Waals surface area contributed by atoms with Gasteiger partial charge in [0, 0.05) is 42.5 Å². The third-order valence-corrected chi connectivity index (χ3v) is 5.53. The van der Waals surface area contributed by atoms with E-state index in [4.69, 9.17) is 10.5 Å². The number of hydrogen-bond donors (Lipinski definition) is 2. The Hall–Kier alpha value is -4.30. The molecule has 3 N–H and O–H groups in total. The van der Waals surface area contributed by atoms with Crippen LogP contribution in [-0.2, 0) is 18.4 Å². The fourth-order valence-corrected chi connectivity index (χ4v) is 3.89. The summed E-state index contributed by atoms with van der Waals surface area (Å²) in [5.74, 6) is -1.09. The van der Waals surface area contributed by atoms with E-state index in [9.17, 15) is 19.2 Å². The van der Waals surface area contributed by atoms with Crippen molar-refractivity contribution in [1.29, 1.82) is 5.26 Å². The molecule has 174 valence electrons. The molecule has 2 amide bonds. The van der Waals surface area contributed by atoms with E-state index in [0.717, 1.165) is 0 Å². The Kier molecular flexibility index (Phi) is 6.00. The average molecular weight is 463 g/mol. The van der Waals surface area contributed by atoms with Gasteiger partial charge >= 0.3 is 0 Å². The number of pyridine rings is 1. The fraction of sp³-hybridized carbons (Fsp3) is 0.261. The number of carbonyl (C=O) groups excluding carboxylic acids is 2. The summed E-state index contributed by atoms with van der Waals surface area (Å²) in [7, 11) is 3.23. The van der Waals surface area contributed by atoms with Gasteiger partial charge in [-0.1, -0.05) is 0 Å². The van der Waals surface area contributed by atoms with Crippen LogP contribution in [0.5, 0.6) is 5.75 Å². The molecule has 11 heteroatoms. The van der Waals surface area contributed by atoms with Gasteiger partial charge in [0.15, 0.2) is 11.6 Å². The van der Waals surface area contributed by atoms with Crippen LogP contribution in [-0.4, -0.2) is 45.1 Å². The molecule has 1 unspecified atom stereocenters. The van der Waals surface area contributed by atoms with Gasteiger partial charge in [-0.25, -0.2) is 9.37 Å². The first-order valence-electron chi connectivity index (χ1n) is 10.4. The molecule has 34 heavy (non-hydrogen) atoms. The van der Waals surface area contributed by atoms with Crippen LogP contribution in [0.2, 0.25) is 0 Å². The topological polar surface area (TPSA) is 139 Å². The number of nitrogens with zero attached hydrogens (tertiary/aromatic N) is 5. The maximum atomic E-state index is 14.1. The summed E-state index contributed by atoms with van der Waals surface area (Å²) < 4.78 is 21.7. The Morgan fingerprint density at radius 2 is 2.15 bits per heavy atom. The summed E-state index contributed by atoms with van der Waals surface area (Å²) >= 11 is 0. The number of ether oxygens (including phenoxy) is 1. The number of hydrogen-bond acceptors (Lipinski definition) is 7. The number of aryl methyl sites for hydroxylation is 1. The third-order valence-electron chi connectivity index (χ3n) is 5.53. The molecule has 0 saturated carbocycles. The van der Waals surface area contributed by atoms with Crippen molar-refractivity contribution in [2.45, 2.75) is 19.6 Å². The average Bonchev–Trinajstić information content (AvgIpc) is 3.13. The van der Waals surface area contributed by atoms with Gasteiger partial charge in [0.1, 0.15) is 23.7 Å². The molecule has 0 spiro atoms. The van der Waals surface area contributed by atoms with Crippen molar-refractivity contribution >= 4 is 17.6 Å². The highest BCUT2D eigenvalue weighted by Crippen LogP contribution is 2.36. The summed E-state index contributed by atoms with van der Waals surface area (Å²) in [6, 6.07) is 7.62. The van der Waals surface area contributed by atoms with Crippen LogP contribution >= 0.6 is 0 Å². The monoisotopic (exact) mass is 463 g/mol. The lowest BCUT2D eigenvalue weighted by molar-refractivity contribution is -0.114. The van der Waals surface area contributed by atoms with E-state index < -0.39 is 17.8 Å². The summed E-state index contributed by atoms with van der Waals surface area (Å²) in [6.07, 6.45) is 0.698. The van der Waals surface area contributed by atoms with E-state index in [-0.39, 0.29) is 41.8 Å². The van der Waals surface area contributed by atoms with E-state index >= 15 is 0 Å². The number of anilines is 1. The molecule has 2 bridgehead atoms.